The molecule has 1 atom stereocenters. The van der Waals surface area contributed by atoms with Crippen molar-refractivity contribution < 1.29 is 5.11 Å². The van der Waals surface area contributed by atoms with Crippen LogP contribution in [0.15, 0.2) is 18.2 Å². The van der Waals surface area contributed by atoms with Crippen molar-refractivity contribution in [2.75, 3.05) is 25.0 Å². The molecule has 1 aromatic rings. The summed E-state index contributed by atoms with van der Waals surface area (Å²) in [5.41, 5.74) is 2.06. The average molecular weight is 299 g/mol. The van der Waals surface area contributed by atoms with E-state index in [1.807, 2.05) is 25.1 Å². The number of thiocarbonyl (C=S) groups is 1. The average Bonchev–Trinajstić information content (AvgIpc) is 2.42. The molecule has 1 fully saturated rings. The van der Waals surface area contributed by atoms with Crippen LogP contribution in [0.5, 0.6) is 0 Å². The highest BCUT2D eigenvalue weighted by Gasteiger charge is 2.21. The highest BCUT2D eigenvalue weighted by molar-refractivity contribution is 7.80. The molecule has 2 rings (SSSR count). The topological polar surface area (TPSA) is 35.5 Å². The number of aliphatic hydroxyl groups is 1. The standard InChI is InChI=1S/C14H19ClN2OS/c1-10-7-12(15)4-5-13(10)16-14(19)17-6-2-3-11(8-17)9-18/h4-5,7,11,18H,2-3,6,8-9H2,1H3,(H,16,19)/t11-/m0/s1. The molecule has 19 heavy (non-hydrogen) atoms. The van der Waals surface area contributed by atoms with Gasteiger partial charge < -0.3 is 15.3 Å². The summed E-state index contributed by atoms with van der Waals surface area (Å²) in [6.07, 6.45) is 2.15. The van der Waals surface area contributed by atoms with Gasteiger partial charge in [-0.2, -0.15) is 0 Å². The number of anilines is 1. The van der Waals surface area contributed by atoms with E-state index in [9.17, 15) is 5.11 Å². The fourth-order valence-corrected chi connectivity index (χ4v) is 2.86. The number of likely N-dealkylation sites (tertiary alicyclic amines) is 1. The van der Waals surface area contributed by atoms with Crippen LogP contribution < -0.4 is 5.32 Å². The SMILES string of the molecule is Cc1cc(Cl)ccc1NC(=S)N1CCC[C@H](CO)C1. The molecular formula is C14H19ClN2OS. The molecule has 1 aromatic carbocycles. The summed E-state index contributed by atoms with van der Waals surface area (Å²) in [6, 6.07) is 5.71. The second kappa shape index (κ2) is 6.55. The zero-order valence-corrected chi connectivity index (χ0v) is 12.6. The summed E-state index contributed by atoms with van der Waals surface area (Å²) in [5, 5.41) is 14.0. The maximum atomic E-state index is 9.25. The van der Waals surface area contributed by atoms with Crippen LogP contribution >= 0.6 is 23.8 Å². The van der Waals surface area contributed by atoms with Crippen LogP contribution in [0.1, 0.15) is 18.4 Å². The molecule has 3 nitrogen and oxygen atoms in total. The van der Waals surface area contributed by atoms with Gasteiger partial charge in [0.25, 0.3) is 0 Å². The molecule has 0 unspecified atom stereocenters. The number of hydrogen-bond donors (Lipinski definition) is 2. The Bertz CT molecular complexity index is 467. The molecule has 1 aliphatic rings. The molecule has 1 heterocycles. The lowest BCUT2D eigenvalue weighted by Gasteiger charge is -2.34. The Hall–Kier alpha value is -0.840. The van der Waals surface area contributed by atoms with Gasteiger partial charge in [0.05, 0.1) is 0 Å². The third-order valence-electron chi connectivity index (χ3n) is 3.49. The van der Waals surface area contributed by atoms with Crippen molar-refractivity contribution in [1.82, 2.24) is 4.90 Å². The van der Waals surface area contributed by atoms with E-state index in [-0.39, 0.29) is 6.61 Å². The van der Waals surface area contributed by atoms with Gasteiger partial charge in [0.1, 0.15) is 0 Å². The maximum absolute atomic E-state index is 9.25. The Morgan fingerprint density at radius 3 is 3.05 bits per heavy atom. The van der Waals surface area contributed by atoms with Gasteiger partial charge in [-0.1, -0.05) is 11.6 Å². The van der Waals surface area contributed by atoms with Gasteiger partial charge in [-0.05, 0) is 61.7 Å². The summed E-state index contributed by atoms with van der Waals surface area (Å²) in [7, 11) is 0. The first-order chi connectivity index (χ1) is 9.10. The third kappa shape index (κ3) is 3.81. The van der Waals surface area contributed by atoms with Crippen molar-refractivity contribution in [3.63, 3.8) is 0 Å². The molecule has 104 valence electrons. The van der Waals surface area contributed by atoms with Crippen LogP contribution in [0, 0.1) is 12.8 Å². The quantitative estimate of drug-likeness (QED) is 0.823. The lowest BCUT2D eigenvalue weighted by molar-refractivity contribution is 0.162. The van der Waals surface area contributed by atoms with Crippen molar-refractivity contribution in [3.05, 3.63) is 28.8 Å². The number of rotatable bonds is 2. The van der Waals surface area contributed by atoms with Gasteiger partial charge >= 0.3 is 0 Å². The lowest BCUT2D eigenvalue weighted by Crippen LogP contribution is -2.43. The van der Waals surface area contributed by atoms with Gasteiger partial charge in [-0.15, -0.1) is 0 Å². The number of benzene rings is 1. The fourth-order valence-electron chi connectivity index (χ4n) is 2.36. The Balaban J connectivity index is 2.00. The highest BCUT2D eigenvalue weighted by Crippen LogP contribution is 2.21. The predicted molar refractivity (Wildman–Crippen MR) is 83.8 cm³/mol. The maximum Gasteiger partial charge on any atom is 0.173 e. The molecule has 0 aliphatic carbocycles. The molecule has 2 N–H and O–H groups in total. The van der Waals surface area contributed by atoms with Crippen LogP contribution in [0.3, 0.4) is 0 Å². The minimum Gasteiger partial charge on any atom is -0.396 e. The summed E-state index contributed by atoms with van der Waals surface area (Å²) in [6.45, 7) is 4.02. The van der Waals surface area contributed by atoms with Crippen LogP contribution in [-0.2, 0) is 0 Å². The number of aryl methyl sites for hydroxylation is 1. The Labute approximate surface area is 124 Å². The van der Waals surface area contributed by atoms with E-state index in [1.54, 1.807) is 0 Å². The molecule has 0 bridgehead atoms. The normalized spacial score (nSPS) is 19.3. The zero-order valence-electron chi connectivity index (χ0n) is 11.0. The molecule has 0 saturated carbocycles. The van der Waals surface area contributed by atoms with E-state index < -0.39 is 0 Å². The largest absolute Gasteiger partial charge is 0.396 e. The van der Waals surface area contributed by atoms with Crippen molar-refractivity contribution in [2.45, 2.75) is 19.8 Å². The van der Waals surface area contributed by atoms with Crippen molar-refractivity contribution >= 4 is 34.6 Å². The molecule has 1 aliphatic heterocycles. The number of piperidine rings is 1. The van der Waals surface area contributed by atoms with Crippen molar-refractivity contribution in [1.29, 1.82) is 0 Å². The smallest absolute Gasteiger partial charge is 0.173 e. The summed E-state index contributed by atoms with van der Waals surface area (Å²) < 4.78 is 0. The number of halogens is 1. The van der Waals surface area contributed by atoms with Crippen LogP contribution in [-0.4, -0.2) is 34.8 Å². The first-order valence-electron chi connectivity index (χ1n) is 6.53. The predicted octanol–water partition coefficient (Wildman–Crippen LogP) is 3.05. The molecule has 0 radical (unpaired) electrons. The minimum absolute atomic E-state index is 0.235. The van der Waals surface area contributed by atoms with Gasteiger partial charge in [-0.3, -0.25) is 0 Å². The first-order valence-corrected chi connectivity index (χ1v) is 7.31. The zero-order chi connectivity index (χ0) is 13.8. The number of nitrogens with one attached hydrogen (secondary N) is 1. The number of hydrogen-bond acceptors (Lipinski definition) is 2. The van der Waals surface area contributed by atoms with E-state index >= 15 is 0 Å². The van der Waals surface area contributed by atoms with E-state index in [2.05, 4.69) is 10.2 Å². The lowest BCUT2D eigenvalue weighted by atomic mass is 9.99. The van der Waals surface area contributed by atoms with Gasteiger partial charge in [-0.25, -0.2) is 0 Å². The number of aliphatic hydroxyl groups excluding tert-OH is 1. The van der Waals surface area contributed by atoms with E-state index in [4.69, 9.17) is 23.8 Å². The molecule has 0 spiro atoms. The molecule has 0 amide bonds. The number of nitrogens with zero attached hydrogens (tertiary/aromatic N) is 1. The summed E-state index contributed by atoms with van der Waals surface area (Å²) >= 11 is 11.4. The van der Waals surface area contributed by atoms with Gasteiger partial charge in [0.2, 0.25) is 0 Å². The van der Waals surface area contributed by atoms with Crippen molar-refractivity contribution in [3.8, 4) is 0 Å². The van der Waals surface area contributed by atoms with Crippen molar-refractivity contribution in [2.24, 2.45) is 5.92 Å². The molecule has 5 heteroatoms. The van der Waals surface area contributed by atoms with E-state index in [0.717, 1.165) is 47.3 Å². The summed E-state index contributed by atoms with van der Waals surface area (Å²) in [5.74, 6) is 0.333. The minimum atomic E-state index is 0.235. The van der Waals surface area contributed by atoms with Gasteiger partial charge in [0, 0.05) is 30.4 Å². The first kappa shape index (κ1) is 14.6. The molecule has 0 aromatic heterocycles. The Morgan fingerprint density at radius 2 is 2.37 bits per heavy atom. The van der Waals surface area contributed by atoms with E-state index in [1.165, 1.54) is 0 Å². The fraction of sp³-hybridized carbons (Fsp3) is 0.500. The molecule has 1 saturated heterocycles. The second-order valence-electron chi connectivity index (χ2n) is 5.03. The third-order valence-corrected chi connectivity index (χ3v) is 4.09. The Morgan fingerprint density at radius 1 is 1.58 bits per heavy atom. The molecular weight excluding hydrogens is 280 g/mol. The van der Waals surface area contributed by atoms with E-state index in [0.29, 0.717) is 5.92 Å². The van der Waals surface area contributed by atoms with Crippen LogP contribution in [0.2, 0.25) is 5.02 Å². The summed E-state index contributed by atoms with van der Waals surface area (Å²) in [4.78, 5) is 2.13. The monoisotopic (exact) mass is 298 g/mol. The Kier molecular flexibility index (Phi) is 5.02. The van der Waals surface area contributed by atoms with Crippen LogP contribution in [0.4, 0.5) is 5.69 Å². The second-order valence-corrected chi connectivity index (χ2v) is 5.85. The van der Waals surface area contributed by atoms with Crippen LogP contribution in [0.25, 0.3) is 0 Å². The highest BCUT2D eigenvalue weighted by atomic mass is 35.5. The van der Waals surface area contributed by atoms with Gasteiger partial charge in [0.15, 0.2) is 5.11 Å².